The molecule has 0 aliphatic carbocycles. The van der Waals surface area contributed by atoms with Crippen LogP contribution in [-0.2, 0) is 5.54 Å². The number of aromatic nitrogens is 3. The van der Waals surface area contributed by atoms with Gasteiger partial charge in [-0.3, -0.25) is 0 Å². The van der Waals surface area contributed by atoms with Crippen molar-refractivity contribution in [3.05, 3.63) is 78.4 Å². The van der Waals surface area contributed by atoms with Crippen molar-refractivity contribution in [2.75, 3.05) is 6.26 Å². The maximum Gasteiger partial charge on any atom is 0.137 e. The predicted octanol–water partition coefficient (Wildman–Crippen LogP) is 4.84. The van der Waals surface area contributed by atoms with Gasteiger partial charge in [0.1, 0.15) is 18.2 Å². The van der Waals surface area contributed by atoms with Crippen LogP contribution >= 0.6 is 11.8 Å². The molecule has 24 heavy (non-hydrogen) atoms. The maximum absolute atomic E-state index is 4.55. The largest absolute Gasteiger partial charge is 0.237 e. The Labute approximate surface area is 148 Å². The minimum atomic E-state index is -0.429. The van der Waals surface area contributed by atoms with E-state index >= 15 is 0 Å². The third kappa shape index (κ3) is 2.65. The van der Waals surface area contributed by atoms with Gasteiger partial charge in [-0.15, -0.1) is 11.8 Å². The Morgan fingerprint density at radius 3 is 2.00 bits per heavy atom. The van der Waals surface area contributed by atoms with E-state index in [1.807, 2.05) is 11.0 Å². The van der Waals surface area contributed by atoms with Crippen LogP contribution in [0.3, 0.4) is 0 Å². The zero-order valence-corrected chi connectivity index (χ0v) is 15.4. The number of hydrogen-bond acceptors (Lipinski definition) is 3. The van der Waals surface area contributed by atoms with Crippen molar-refractivity contribution in [1.82, 2.24) is 14.8 Å². The van der Waals surface area contributed by atoms with Gasteiger partial charge in [-0.25, -0.2) is 9.67 Å². The van der Waals surface area contributed by atoms with Crippen LogP contribution in [0, 0.1) is 5.41 Å². The number of benzene rings is 2. The highest BCUT2D eigenvalue weighted by Gasteiger charge is 2.47. The first-order valence-electron chi connectivity index (χ1n) is 8.05. The number of thioether (sulfide) groups is 1. The Morgan fingerprint density at radius 2 is 1.50 bits per heavy atom. The quantitative estimate of drug-likeness (QED) is 0.638. The van der Waals surface area contributed by atoms with Crippen LogP contribution in [0.5, 0.6) is 0 Å². The fourth-order valence-electron chi connectivity index (χ4n) is 3.53. The molecule has 0 aliphatic rings. The zero-order valence-electron chi connectivity index (χ0n) is 14.6. The summed E-state index contributed by atoms with van der Waals surface area (Å²) in [5.74, 6) is 0. The molecule has 1 atom stereocenters. The first kappa shape index (κ1) is 16.8. The van der Waals surface area contributed by atoms with Crippen molar-refractivity contribution in [3.8, 4) is 0 Å². The third-order valence-corrected chi connectivity index (χ3v) is 5.29. The highest BCUT2D eigenvalue weighted by molar-refractivity contribution is 7.98. The molecule has 1 heterocycles. The average Bonchev–Trinajstić information content (AvgIpc) is 3.10. The van der Waals surface area contributed by atoms with Gasteiger partial charge in [0.15, 0.2) is 0 Å². The Morgan fingerprint density at radius 1 is 0.875 bits per heavy atom. The molecular formula is C20H23N3S. The van der Waals surface area contributed by atoms with Crippen molar-refractivity contribution in [1.29, 1.82) is 0 Å². The summed E-state index contributed by atoms with van der Waals surface area (Å²) in [4.78, 5) is 5.49. The normalized spacial score (nSPS) is 14.3. The van der Waals surface area contributed by atoms with E-state index in [0.717, 1.165) is 0 Å². The summed E-state index contributed by atoms with van der Waals surface area (Å²) in [7, 11) is 0. The Balaban J connectivity index is 2.34. The standard InChI is InChI=1S/C20H23N3S/c1-19(2,3)20(23-15-21-14-22-23,16-8-6-5-7-9-16)17-10-12-18(24-4)13-11-17/h5-15H,1-4H3. The van der Waals surface area contributed by atoms with Gasteiger partial charge in [0.2, 0.25) is 0 Å². The second-order valence-corrected chi connectivity index (χ2v) is 7.77. The zero-order chi connectivity index (χ0) is 17.2. The molecule has 0 spiro atoms. The van der Waals surface area contributed by atoms with Gasteiger partial charge in [0.05, 0.1) is 0 Å². The minimum Gasteiger partial charge on any atom is -0.237 e. The van der Waals surface area contributed by atoms with Gasteiger partial charge in [0, 0.05) is 4.90 Å². The molecule has 0 saturated heterocycles. The van der Waals surface area contributed by atoms with E-state index in [9.17, 15) is 0 Å². The Kier molecular flexibility index (Phi) is 4.50. The van der Waals surface area contributed by atoms with Crippen molar-refractivity contribution in [3.63, 3.8) is 0 Å². The SMILES string of the molecule is CSc1ccc(C(c2ccccc2)(n2cncn2)C(C)(C)C)cc1. The maximum atomic E-state index is 4.55. The first-order chi connectivity index (χ1) is 11.5. The fraction of sp³-hybridized carbons (Fsp3) is 0.300. The van der Waals surface area contributed by atoms with Crippen molar-refractivity contribution < 1.29 is 0 Å². The summed E-state index contributed by atoms with van der Waals surface area (Å²) in [5, 5.41) is 4.55. The molecule has 4 heteroatoms. The summed E-state index contributed by atoms with van der Waals surface area (Å²) in [6.07, 6.45) is 5.53. The number of hydrogen-bond donors (Lipinski definition) is 0. The van der Waals surface area contributed by atoms with Crippen LogP contribution in [0.2, 0.25) is 0 Å². The molecule has 0 amide bonds. The second-order valence-electron chi connectivity index (χ2n) is 6.89. The van der Waals surface area contributed by atoms with Gasteiger partial charge in [0.25, 0.3) is 0 Å². The average molecular weight is 337 g/mol. The molecule has 2 aromatic carbocycles. The lowest BCUT2D eigenvalue weighted by Gasteiger charge is -2.45. The van der Waals surface area contributed by atoms with Crippen LogP contribution in [-0.4, -0.2) is 21.0 Å². The lowest BCUT2D eigenvalue weighted by Crippen LogP contribution is -2.48. The Bertz CT molecular complexity index is 774. The fourth-order valence-corrected chi connectivity index (χ4v) is 3.94. The monoisotopic (exact) mass is 337 g/mol. The highest BCUT2D eigenvalue weighted by atomic mass is 32.2. The van der Waals surface area contributed by atoms with Crippen LogP contribution in [0.4, 0.5) is 0 Å². The molecule has 1 unspecified atom stereocenters. The van der Waals surface area contributed by atoms with Gasteiger partial charge in [-0.2, -0.15) is 5.10 Å². The van der Waals surface area contributed by atoms with Crippen LogP contribution in [0.15, 0.2) is 72.1 Å². The molecule has 0 radical (unpaired) electrons. The van der Waals surface area contributed by atoms with Crippen molar-refractivity contribution in [2.45, 2.75) is 31.2 Å². The Hall–Kier alpha value is -2.07. The molecule has 124 valence electrons. The third-order valence-electron chi connectivity index (χ3n) is 4.55. The van der Waals surface area contributed by atoms with Gasteiger partial charge in [-0.1, -0.05) is 63.2 Å². The molecule has 0 N–H and O–H groups in total. The lowest BCUT2D eigenvalue weighted by molar-refractivity contribution is 0.171. The summed E-state index contributed by atoms with van der Waals surface area (Å²) < 4.78 is 2.00. The van der Waals surface area contributed by atoms with Crippen LogP contribution in [0.25, 0.3) is 0 Å². The lowest BCUT2D eigenvalue weighted by atomic mass is 9.65. The summed E-state index contributed by atoms with van der Waals surface area (Å²) in [5.41, 5.74) is 1.88. The second kappa shape index (κ2) is 6.44. The molecule has 0 aliphatic heterocycles. The van der Waals surface area contributed by atoms with Gasteiger partial charge < -0.3 is 0 Å². The van der Waals surface area contributed by atoms with Crippen LogP contribution in [0.1, 0.15) is 31.9 Å². The highest BCUT2D eigenvalue weighted by Crippen LogP contribution is 2.47. The first-order valence-corrected chi connectivity index (χ1v) is 9.28. The van der Waals surface area contributed by atoms with E-state index in [1.165, 1.54) is 16.0 Å². The topological polar surface area (TPSA) is 30.7 Å². The summed E-state index contributed by atoms with van der Waals surface area (Å²) in [6.45, 7) is 6.76. The van der Waals surface area contributed by atoms with Crippen LogP contribution < -0.4 is 0 Å². The summed E-state index contributed by atoms with van der Waals surface area (Å²) in [6, 6.07) is 19.4. The molecular weight excluding hydrogens is 314 g/mol. The van der Waals surface area contributed by atoms with E-state index in [1.54, 1.807) is 18.1 Å². The predicted molar refractivity (Wildman–Crippen MR) is 100 cm³/mol. The number of rotatable bonds is 4. The molecule has 3 nitrogen and oxygen atoms in total. The smallest absolute Gasteiger partial charge is 0.137 e. The molecule has 0 bridgehead atoms. The van der Waals surface area contributed by atoms with Gasteiger partial charge >= 0.3 is 0 Å². The van der Waals surface area contributed by atoms with E-state index in [4.69, 9.17) is 0 Å². The molecule has 0 fully saturated rings. The van der Waals surface area contributed by atoms with E-state index in [0.29, 0.717) is 0 Å². The molecule has 3 rings (SSSR count). The van der Waals surface area contributed by atoms with Crippen molar-refractivity contribution in [2.24, 2.45) is 5.41 Å². The molecule has 1 aromatic heterocycles. The van der Waals surface area contributed by atoms with Gasteiger partial charge in [-0.05, 0) is 34.9 Å². The minimum absolute atomic E-state index is 0.108. The van der Waals surface area contributed by atoms with E-state index in [-0.39, 0.29) is 5.41 Å². The molecule has 3 aromatic rings. The molecule has 0 saturated carbocycles. The summed E-state index contributed by atoms with van der Waals surface area (Å²) >= 11 is 1.75. The number of nitrogens with zero attached hydrogens (tertiary/aromatic N) is 3. The van der Waals surface area contributed by atoms with E-state index in [2.05, 4.69) is 91.7 Å². The van der Waals surface area contributed by atoms with E-state index < -0.39 is 5.54 Å². The van der Waals surface area contributed by atoms with Crippen molar-refractivity contribution >= 4 is 11.8 Å².